The molecule has 9 heteroatoms. The number of hydrogen-bond donors (Lipinski definition) is 2. The SMILES string of the molecule is COCC1CC(OC)C(OS(=O)(=O)O)[C@H](O)O1. The maximum absolute atomic E-state index is 10.6. The first-order valence-electron chi connectivity index (χ1n) is 4.88. The predicted octanol–water partition coefficient (Wildman–Crippen LogP) is -1.06. The van der Waals surface area contributed by atoms with E-state index in [2.05, 4.69) is 4.18 Å². The Morgan fingerprint density at radius 2 is 2.06 bits per heavy atom. The van der Waals surface area contributed by atoms with Crippen LogP contribution in [0, 0.1) is 0 Å². The molecule has 0 aromatic carbocycles. The number of aliphatic hydroxyl groups is 1. The molecule has 0 bridgehead atoms. The highest BCUT2D eigenvalue weighted by Gasteiger charge is 2.41. The van der Waals surface area contributed by atoms with E-state index in [1.165, 1.54) is 14.2 Å². The average Bonchev–Trinajstić information content (AvgIpc) is 2.20. The van der Waals surface area contributed by atoms with Gasteiger partial charge in [0.05, 0.1) is 18.8 Å². The molecule has 3 unspecified atom stereocenters. The lowest BCUT2D eigenvalue weighted by molar-refractivity contribution is -0.250. The van der Waals surface area contributed by atoms with Crippen molar-refractivity contribution < 1.29 is 36.5 Å². The standard InChI is InChI=1S/C8H16O8S/c1-13-4-5-3-6(14-2)7(8(9)15-5)16-17(10,11)12/h5-9H,3-4H2,1-2H3,(H,10,11,12)/t5?,6?,7?,8-/m1/s1. The van der Waals surface area contributed by atoms with Crippen LogP contribution in [0.1, 0.15) is 6.42 Å². The minimum Gasteiger partial charge on any atom is -0.382 e. The Hall–Kier alpha value is -0.290. The Labute approximate surface area is 99.4 Å². The maximum Gasteiger partial charge on any atom is 0.397 e. The summed E-state index contributed by atoms with van der Waals surface area (Å²) in [6.07, 6.45) is -3.69. The lowest BCUT2D eigenvalue weighted by Gasteiger charge is -2.37. The Balaban J connectivity index is 2.71. The minimum absolute atomic E-state index is 0.232. The smallest absolute Gasteiger partial charge is 0.382 e. The van der Waals surface area contributed by atoms with Gasteiger partial charge in [0.25, 0.3) is 0 Å². The molecule has 1 aliphatic rings. The fourth-order valence-electron chi connectivity index (χ4n) is 1.68. The molecule has 0 amide bonds. The number of rotatable bonds is 5. The third kappa shape index (κ3) is 4.47. The number of hydrogen-bond acceptors (Lipinski definition) is 7. The summed E-state index contributed by atoms with van der Waals surface area (Å²) in [5.74, 6) is 0. The number of methoxy groups -OCH3 is 2. The molecule has 1 heterocycles. The third-order valence-corrected chi connectivity index (χ3v) is 2.83. The summed E-state index contributed by atoms with van der Waals surface area (Å²) in [6, 6.07) is 0. The van der Waals surface area contributed by atoms with Gasteiger partial charge in [0.15, 0.2) is 12.4 Å². The molecular formula is C8H16O8S. The van der Waals surface area contributed by atoms with Crippen molar-refractivity contribution in [3.05, 3.63) is 0 Å². The van der Waals surface area contributed by atoms with Gasteiger partial charge in [0.2, 0.25) is 0 Å². The average molecular weight is 272 g/mol. The summed E-state index contributed by atoms with van der Waals surface area (Å²) in [4.78, 5) is 0. The van der Waals surface area contributed by atoms with Gasteiger partial charge in [0.1, 0.15) is 0 Å². The first kappa shape index (κ1) is 14.8. The van der Waals surface area contributed by atoms with Crippen LogP contribution < -0.4 is 0 Å². The van der Waals surface area contributed by atoms with Crippen LogP contribution >= 0.6 is 0 Å². The molecule has 2 N–H and O–H groups in total. The molecule has 102 valence electrons. The Morgan fingerprint density at radius 3 is 2.53 bits per heavy atom. The van der Waals surface area contributed by atoms with E-state index in [4.69, 9.17) is 18.8 Å². The fourth-order valence-corrected chi connectivity index (χ4v) is 2.18. The zero-order valence-electron chi connectivity index (χ0n) is 9.48. The van der Waals surface area contributed by atoms with Gasteiger partial charge in [-0.05, 0) is 0 Å². The molecule has 8 nitrogen and oxygen atoms in total. The summed E-state index contributed by atoms with van der Waals surface area (Å²) >= 11 is 0. The van der Waals surface area contributed by atoms with E-state index in [1.807, 2.05) is 0 Å². The second kappa shape index (κ2) is 6.05. The van der Waals surface area contributed by atoms with Crippen LogP contribution in [0.25, 0.3) is 0 Å². The van der Waals surface area contributed by atoms with E-state index in [0.717, 1.165) is 0 Å². The lowest BCUT2D eigenvalue weighted by atomic mass is 10.0. The van der Waals surface area contributed by atoms with Crippen molar-refractivity contribution in [1.82, 2.24) is 0 Å². The summed E-state index contributed by atoms with van der Waals surface area (Å²) in [5.41, 5.74) is 0. The van der Waals surface area contributed by atoms with Gasteiger partial charge in [-0.25, -0.2) is 4.18 Å². The van der Waals surface area contributed by atoms with Gasteiger partial charge in [-0.1, -0.05) is 0 Å². The number of aliphatic hydroxyl groups excluding tert-OH is 1. The second-order valence-electron chi connectivity index (χ2n) is 3.60. The first-order chi connectivity index (χ1) is 7.87. The Kier molecular flexibility index (Phi) is 5.25. The molecule has 1 rings (SSSR count). The van der Waals surface area contributed by atoms with Crippen molar-refractivity contribution in [2.24, 2.45) is 0 Å². The molecule has 0 aromatic heterocycles. The van der Waals surface area contributed by atoms with Crippen molar-refractivity contribution in [3.8, 4) is 0 Å². The van der Waals surface area contributed by atoms with Crippen molar-refractivity contribution in [3.63, 3.8) is 0 Å². The molecule has 1 fully saturated rings. The van der Waals surface area contributed by atoms with Gasteiger partial charge >= 0.3 is 10.4 Å². The summed E-state index contributed by atoms with van der Waals surface area (Å²) in [5, 5.41) is 9.57. The van der Waals surface area contributed by atoms with Crippen molar-refractivity contribution in [1.29, 1.82) is 0 Å². The molecule has 0 aliphatic carbocycles. The van der Waals surface area contributed by atoms with Gasteiger partial charge in [-0.15, -0.1) is 0 Å². The molecule has 0 radical (unpaired) electrons. The zero-order chi connectivity index (χ0) is 13.1. The quantitative estimate of drug-likeness (QED) is 0.609. The van der Waals surface area contributed by atoms with E-state index in [0.29, 0.717) is 0 Å². The Bertz CT molecular complexity index is 328. The van der Waals surface area contributed by atoms with Crippen LogP contribution in [-0.4, -0.2) is 63.5 Å². The molecule has 17 heavy (non-hydrogen) atoms. The molecular weight excluding hydrogens is 256 g/mol. The van der Waals surface area contributed by atoms with Crippen LogP contribution in [-0.2, 0) is 28.8 Å². The molecule has 0 saturated carbocycles. The van der Waals surface area contributed by atoms with E-state index in [-0.39, 0.29) is 13.0 Å². The number of ether oxygens (including phenoxy) is 3. The molecule has 1 saturated heterocycles. The van der Waals surface area contributed by atoms with Crippen LogP contribution in [0.2, 0.25) is 0 Å². The van der Waals surface area contributed by atoms with Crippen molar-refractivity contribution in [2.45, 2.75) is 31.0 Å². The van der Waals surface area contributed by atoms with E-state index < -0.39 is 35.0 Å². The normalized spacial score (nSPS) is 34.8. The molecule has 0 aromatic rings. The highest BCUT2D eigenvalue weighted by atomic mass is 32.3. The second-order valence-corrected chi connectivity index (χ2v) is 4.65. The van der Waals surface area contributed by atoms with Crippen molar-refractivity contribution in [2.75, 3.05) is 20.8 Å². The summed E-state index contributed by atoms with van der Waals surface area (Å²) < 4.78 is 49.0. The molecule has 0 spiro atoms. The minimum atomic E-state index is -4.68. The summed E-state index contributed by atoms with van der Waals surface area (Å²) in [7, 11) is -1.87. The third-order valence-electron chi connectivity index (χ3n) is 2.36. The van der Waals surface area contributed by atoms with Gasteiger partial charge in [-0.2, -0.15) is 8.42 Å². The lowest BCUT2D eigenvalue weighted by Crippen LogP contribution is -2.52. The summed E-state index contributed by atoms with van der Waals surface area (Å²) in [6.45, 7) is 0.232. The van der Waals surface area contributed by atoms with Gasteiger partial charge < -0.3 is 19.3 Å². The van der Waals surface area contributed by atoms with Crippen LogP contribution in [0.15, 0.2) is 0 Å². The van der Waals surface area contributed by atoms with Crippen LogP contribution in [0.3, 0.4) is 0 Å². The van der Waals surface area contributed by atoms with Crippen LogP contribution in [0.4, 0.5) is 0 Å². The van der Waals surface area contributed by atoms with E-state index >= 15 is 0 Å². The first-order valence-corrected chi connectivity index (χ1v) is 6.25. The van der Waals surface area contributed by atoms with Crippen LogP contribution in [0.5, 0.6) is 0 Å². The van der Waals surface area contributed by atoms with Crippen molar-refractivity contribution >= 4 is 10.4 Å². The monoisotopic (exact) mass is 272 g/mol. The van der Waals surface area contributed by atoms with Gasteiger partial charge in [-0.3, -0.25) is 4.55 Å². The highest BCUT2D eigenvalue weighted by molar-refractivity contribution is 7.80. The van der Waals surface area contributed by atoms with Gasteiger partial charge in [0, 0.05) is 20.6 Å². The maximum atomic E-state index is 10.6. The topological polar surface area (TPSA) is 112 Å². The fraction of sp³-hybridized carbons (Fsp3) is 1.00. The zero-order valence-corrected chi connectivity index (χ0v) is 10.3. The predicted molar refractivity (Wildman–Crippen MR) is 54.6 cm³/mol. The highest BCUT2D eigenvalue weighted by Crippen LogP contribution is 2.24. The largest absolute Gasteiger partial charge is 0.397 e. The Morgan fingerprint density at radius 1 is 1.41 bits per heavy atom. The van der Waals surface area contributed by atoms with E-state index in [1.54, 1.807) is 0 Å². The van der Waals surface area contributed by atoms with E-state index in [9.17, 15) is 13.5 Å². The molecule has 4 atom stereocenters. The molecule has 1 aliphatic heterocycles.